The average Bonchev–Trinajstić information content (AvgIpc) is 3.48. The number of hydroxylamine groups is 2. The maximum absolute atomic E-state index is 12.4. The van der Waals surface area contributed by atoms with Crippen LogP contribution in [0, 0.1) is 0 Å². The first kappa shape index (κ1) is 28.2. The van der Waals surface area contributed by atoms with Crippen LogP contribution in [0.2, 0.25) is 0 Å². The SMILES string of the molecule is CC(ON1C(=O)c2ccccc2C1=O)C(=O)OOc1ccc(-n2cnc(CCCNC(=O)OC(C)(C)C)c2)nc1. The van der Waals surface area contributed by atoms with Gasteiger partial charge in [-0.15, -0.1) is 5.06 Å². The van der Waals surface area contributed by atoms with Gasteiger partial charge in [-0.3, -0.25) is 19.0 Å². The maximum Gasteiger partial charge on any atom is 0.407 e. The van der Waals surface area contributed by atoms with Crippen LogP contribution in [0.1, 0.15) is 60.5 Å². The minimum Gasteiger partial charge on any atom is -0.444 e. The van der Waals surface area contributed by atoms with Crippen molar-refractivity contribution in [3.63, 3.8) is 0 Å². The lowest BCUT2D eigenvalue weighted by atomic mass is 10.1. The lowest BCUT2D eigenvalue weighted by Crippen LogP contribution is -2.37. The number of nitrogens with zero attached hydrogens (tertiary/aromatic N) is 4. The standard InChI is InChI=1S/C27H29N5O8/c1-17(38-32-23(33)20-9-5-6-10-21(20)24(32)34)25(35)40-39-19-11-12-22(29-14-19)31-15-18(30-16-31)8-7-13-28-26(36)37-27(2,3)4/h5-6,9-12,14-17H,7-8,13H2,1-4H3,(H,28,36). The average molecular weight is 552 g/mol. The van der Waals surface area contributed by atoms with E-state index in [1.54, 1.807) is 49.9 Å². The number of carbonyl (C=O) groups is 4. The molecule has 0 fully saturated rings. The lowest BCUT2D eigenvalue weighted by Gasteiger charge is -2.19. The first-order valence-electron chi connectivity index (χ1n) is 12.5. The molecule has 3 heterocycles. The fourth-order valence-corrected chi connectivity index (χ4v) is 3.59. The number of ether oxygens (including phenoxy) is 1. The van der Waals surface area contributed by atoms with Crippen LogP contribution < -0.4 is 10.2 Å². The van der Waals surface area contributed by atoms with Gasteiger partial charge in [0, 0.05) is 12.7 Å². The smallest absolute Gasteiger partial charge is 0.407 e. The van der Waals surface area contributed by atoms with Crippen molar-refractivity contribution in [3.8, 4) is 11.6 Å². The van der Waals surface area contributed by atoms with Gasteiger partial charge in [-0.25, -0.2) is 29.3 Å². The molecule has 1 aliphatic rings. The van der Waals surface area contributed by atoms with E-state index in [-0.39, 0.29) is 16.9 Å². The van der Waals surface area contributed by atoms with Gasteiger partial charge in [-0.1, -0.05) is 12.1 Å². The number of nitrogens with one attached hydrogen (secondary N) is 1. The number of aromatic nitrogens is 3. The molecule has 0 aliphatic carbocycles. The fourth-order valence-electron chi connectivity index (χ4n) is 3.59. The van der Waals surface area contributed by atoms with Gasteiger partial charge < -0.3 is 10.1 Å². The summed E-state index contributed by atoms with van der Waals surface area (Å²) in [5.74, 6) is -1.60. The normalized spacial score (nSPS) is 13.6. The van der Waals surface area contributed by atoms with Gasteiger partial charge in [0.05, 0.1) is 23.0 Å². The second-order valence-electron chi connectivity index (χ2n) is 9.84. The summed E-state index contributed by atoms with van der Waals surface area (Å²) in [4.78, 5) is 72.5. The molecule has 40 heavy (non-hydrogen) atoms. The minimum absolute atomic E-state index is 0.138. The molecule has 2 aromatic heterocycles. The number of carbonyl (C=O) groups excluding carboxylic acids is 4. The van der Waals surface area contributed by atoms with Crippen molar-refractivity contribution in [2.45, 2.75) is 52.2 Å². The molecule has 1 atom stereocenters. The third-order valence-corrected chi connectivity index (χ3v) is 5.47. The Kier molecular flexibility index (Phi) is 8.43. The third-order valence-electron chi connectivity index (χ3n) is 5.47. The van der Waals surface area contributed by atoms with Crippen LogP contribution in [0.3, 0.4) is 0 Å². The van der Waals surface area contributed by atoms with Crippen molar-refractivity contribution in [3.05, 3.63) is 71.9 Å². The van der Waals surface area contributed by atoms with E-state index in [0.29, 0.717) is 30.3 Å². The summed E-state index contributed by atoms with van der Waals surface area (Å²) < 4.78 is 6.91. The number of imidazole rings is 1. The Morgan fingerprint density at radius 3 is 2.35 bits per heavy atom. The van der Waals surface area contributed by atoms with Gasteiger partial charge in [0.2, 0.25) is 0 Å². The van der Waals surface area contributed by atoms with Crippen LogP contribution in [-0.2, 0) is 25.7 Å². The minimum atomic E-state index is -1.31. The summed E-state index contributed by atoms with van der Waals surface area (Å²) in [6.45, 7) is 7.18. The number of benzene rings is 1. The van der Waals surface area contributed by atoms with E-state index in [2.05, 4.69) is 15.3 Å². The largest absolute Gasteiger partial charge is 0.444 e. The fraction of sp³-hybridized carbons (Fsp3) is 0.333. The first-order valence-corrected chi connectivity index (χ1v) is 12.5. The van der Waals surface area contributed by atoms with Gasteiger partial charge in [0.15, 0.2) is 11.9 Å². The van der Waals surface area contributed by atoms with Gasteiger partial charge >= 0.3 is 12.1 Å². The Morgan fingerprint density at radius 2 is 1.73 bits per heavy atom. The molecule has 0 saturated heterocycles. The molecule has 0 radical (unpaired) electrons. The monoisotopic (exact) mass is 551 g/mol. The highest BCUT2D eigenvalue weighted by Crippen LogP contribution is 2.23. The highest BCUT2D eigenvalue weighted by atomic mass is 17.2. The first-order chi connectivity index (χ1) is 19.0. The van der Waals surface area contributed by atoms with Crippen molar-refractivity contribution in [2.24, 2.45) is 0 Å². The molecule has 0 saturated carbocycles. The van der Waals surface area contributed by atoms with Crippen molar-refractivity contribution in [1.29, 1.82) is 0 Å². The molecular formula is C27H29N5O8. The van der Waals surface area contributed by atoms with Crippen molar-refractivity contribution in [1.82, 2.24) is 24.9 Å². The van der Waals surface area contributed by atoms with Crippen molar-refractivity contribution >= 4 is 23.9 Å². The Hall–Kier alpha value is -4.78. The molecule has 4 rings (SSSR count). The second-order valence-corrected chi connectivity index (χ2v) is 9.84. The molecule has 13 heteroatoms. The Balaban J connectivity index is 1.21. The number of alkyl carbamates (subject to hydrolysis) is 1. The van der Waals surface area contributed by atoms with Gasteiger partial charge in [-0.05, 0) is 64.8 Å². The van der Waals surface area contributed by atoms with Crippen molar-refractivity contribution in [2.75, 3.05) is 6.54 Å². The predicted molar refractivity (Wildman–Crippen MR) is 138 cm³/mol. The van der Waals surface area contributed by atoms with E-state index in [1.165, 1.54) is 31.3 Å². The van der Waals surface area contributed by atoms with Gasteiger partial charge in [-0.2, -0.15) is 0 Å². The van der Waals surface area contributed by atoms with Crippen LogP contribution in [0.4, 0.5) is 4.79 Å². The summed E-state index contributed by atoms with van der Waals surface area (Å²) in [6, 6.07) is 9.42. The second kappa shape index (κ2) is 11.9. The zero-order valence-electron chi connectivity index (χ0n) is 22.4. The molecular weight excluding hydrogens is 522 g/mol. The van der Waals surface area contributed by atoms with Crippen LogP contribution in [0.5, 0.6) is 5.75 Å². The third kappa shape index (κ3) is 6.99. The maximum atomic E-state index is 12.4. The quantitative estimate of drug-likeness (QED) is 0.172. The number of rotatable bonds is 10. The van der Waals surface area contributed by atoms with Crippen LogP contribution in [-0.4, -0.2) is 61.7 Å². The van der Waals surface area contributed by atoms with E-state index in [1.807, 2.05) is 6.20 Å². The number of hydrogen-bond donors (Lipinski definition) is 1. The zero-order valence-corrected chi connectivity index (χ0v) is 22.4. The summed E-state index contributed by atoms with van der Waals surface area (Å²) >= 11 is 0. The van der Waals surface area contributed by atoms with E-state index in [9.17, 15) is 19.2 Å². The molecule has 0 spiro atoms. The summed E-state index contributed by atoms with van der Waals surface area (Å²) in [5, 5.41) is 3.24. The zero-order chi connectivity index (χ0) is 28.9. The highest BCUT2D eigenvalue weighted by molar-refractivity contribution is 6.20. The van der Waals surface area contributed by atoms with E-state index in [4.69, 9.17) is 19.3 Å². The highest BCUT2D eigenvalue weighted by Gasteiger charge is 2.39. The van der Waals surface area contributed by atoms with Gasteiger partial charge in [0.1, 0.15) is 17.7 Å². The Labute approximate surface area is 229 Å². The molecule has 0 bridgehead atoms. The summed E-state index contributed by atoms with van der Waals surface area (Å²) in [5.41, 5.74) is 0.649. The van der Waals surface area contributed by atoms with Crippen LogP contribution in [0.15, 0.2) is 55.1 Å². The van der Waals surface area contributed by atoms with Crippen molar-refractivity contribution < 1.29 is 38.5 Å². The number of hydrogen-bond acceptors (Lipinski definition) is 10. The molecule has 210 valence electrons. The van der Waals surface area contributed by atoms with E-state index in [0.717, 1.165) is 5.69 Å². The summed E-state index contributed by atoms with van der Waals surface area (Å²) in [7, 11) is 0. The van der Waals surface area contributed by atoms with Gasteiger partial charge in [0.25, 0.3) is 11.8 Å². The molecule has 1 aliphatic heterocycles. The molecule has 1 N–H and O–H groups in total. The number of aryl methyl sites for hydroxylation is 1. The number of fused-ring (bicyclic) bond motifs is 1. The topological polar surface area (TPSA) is 151 Å². The number of pyridine rings is 1. The predicted octanol–water partition coefficient (Wildman–Crippen LogP) is 3.18. The van der Waals surface area contributed by atoms with Crippen LogP contribution in [0.25, 0.3) is 5.82 Å². The summed E-state index contributed by atoms with van der Waals surface area (Å²) in [6.07, 6.45) is 4.32. The molecule has 1 unspecified atom stereocenters. The van der Waals surface area contributed by atoms with E-state index < -0.39 is 35.6 Å². The van der Waals surface area contributed by atoms with Crippen LogP contribution >= 0.6 is 0 Å². The Bertz CT molecular complexity index is 1360. The number of amides is 3. The molecule has 3 amide bonds. The van der Waals surface area contributed by atoms with E-state index >= 15 is 0 Å². The Morgan fingerprint density at radius 1 is 1.02 bits per heavy atom. The molecule has 1 aromatic carbocycles. The lowest BCUT2D eigenvalue weighted by molar-refractivity contribution is -0.235. The molecule has 13 nitrogen and oxygen atoms in total. The molecule has 3 aromatic rings. The number of imide groups is 1.